The van der Waals surface area contributed by atoms with E-state index in [1.54, 1.807) is 6.26 Å². The second-order valence-electron chi connectivity index (χ2n) is 3.35. The summed E-state index contributed by atoms with van der Waals surface area (Å²) in [7, 11) is 0. The Balaban J connectivity index is 2.11. The van der Waals surface area contributed by atoms with Crippen LogP contribution >= 0.6 is 0 Å². The summed E-state index contributed by atoms with van der Waals surface area (Å²) in [5, 5.41) is 1.09. The number of rotatable bonds is 3. The monoisotopic (exact) mass is 204 g/mol. The zero-order valence-corrected chi connectivity index (χ0v) is 8.53. The fourth-order valence-electron chi connectivity index (χ4n) is 1.53. The third-order valence-electron chi connectivity index (χ3n) is 2.24. The van der Waals surface area contributed by atoms with Gasteiger partial charge >= 0.3 is 5.97 Å². The van der Waals surface area contributed by atoms with Crippen molar-refractivity contribution < 1.29 is 13.9 Å². The van der Waals surface area contributed by atoms with Gasteiger partial charge in [-0.05, 0) is 6.07 Å². The molecule has 0 atom stereocenters. The number of hydrogen-bond acceptors (Lipinski definition) is 3. The minimum atomic E-state index is -0.247. The van der Waals surface area contributed by atoms with Crippen molar-refractivity contribution in [2.45, 2.75) is 13.3 Å². The summed E-state index contributed by atoms with van der Waals surface area (Å²) >= 11 is 0. The normalized spacial score (nSPS) is 10.5. The third-order valence-corrected chi connectivity index (χ3v) is 2.24. The van der Waals surface area contributed by atoms with Crippen LogP contribution in [0.5, 0.6) is 0 Å². The summed E-state index contributed by atoms with van der Waals surface area (Å²) in [6.07, 6.45) is 2.41. The zero-order valence-electron chi connectivity index (χ0n) is 8.53. The molecule has 0 bridgehead atoms. The molecule has 0 aliphatic rings. The predicted octanol–water partition coefficient (Wildman–Crippen LogP) is 2.54. The summed E-state index contributed by atoms with van der Waals surface area (Å²) in [5.41, 5.74) is 1.95. The summed E-state index contributed by atoms with van der Waals surface area (Å²) in [5.74, 6) is -0.247. The first-order valence-electron chi connectivity index (χ1n) is 4.86. The molecule has 0 amide bonds. The minimum absolute atomic E-state index is 0.247. The lowest BCUT2D eigenvalue weighted by atomic mass is 10.1. The molecule has 1 aromatic heterocycles. The van der Waals surface area contributed by atoms with Crippen LogP contribution in [0.25, 0.3) is 11.0 Å². The summed E-state index contributed by atoms with van der Waals surface area (Å²) in [6, 6.07) is 7.82. The lowest BCUT2D eigenvalue weighted by Gasteiger charge is -1.99. The van der Waals surface area contributed by atoms with Crippen molar-refractivity contribution in [3.05, 3.63) is 36.1 Å². The van der Waals surface area contributed by atoms with Crippen LogP contribution in [0.2, 0.25) is 0 Å². The molecule has 0 saturated carbocycles. The molecule has 0 N–H and O–H groups in total. The number of carbonyl (C=O) groups is 1. The van der Waals surface area contributed by atoms with E-state index in [1.807, 2.05) is 24.3 Å². The van der Waals surface area contributed by atoms with Gasteiger partial charge in [-0.15, -0.1) is 0 Å². The van der Waals surface area contributed by atoms with E-state index in [0.717, 1.165) is 16.5 Å². The van der Waals surface area contributed by atoms with Gasteiger partial charge in [-0.1, -0.05) is 18.2 Å². The van der Waals surface area contributed by atoms with Crippen LogP contribution in [-0.4, -0.2) is 12.6 Å². The summed E-state index contributed by atoms with van der Waals surface area (Å²) in [4.78, 5) is 10.6. The van der Waals surface area contributed by atoms with Crippen molar-refractivity contribution >= 4 is 16.9 Å². The van der Waals surface area contributed by atoms with E-state index >= 15 is 0 Å². The fourth-order valence-corrected chi connectivity index (χ4v) is 1.53. The Morgan fingerprint density at radius 2 is 2.20 bits per heavy atom. The van der Waals surface area contributed by atoms with E-state index in [1.165, 1.54) is 6.92 Å². The van der Waals surface area contributed by atoms with Crippen molar-refractivity contribution in [2.24, 2.45) is 0 Å². The van der Waals surface area contributed by atoms with Gasteiger partial charge in [0.1, 0.15) is 5.58 Å². The average molecular weight is 204 g/mol. The molecular formula is C12H12O3. The third kappa shape index (κ3) is 2.18. The van der Waals surface area contributed by atoms with Crippen LogP contribution in [0.4, 0.5) is 0 Å². The van der Waals surface area contributed by atoms with E-state index < -0.39 is 0 Å². The molecule has 0 unspecified atom stereocenters. The molecule has 15 heavy (non-hydrogen) atoms. The molecule has 78 valence electrons. The van der Waals surface area contributed by atoms with E-state index in [-0.39, 0.29) is 5.97 Å². The molecule has 3 heteroatoms. The second-order valence-corrected chi connectivity index (χ2v) is 3.35. The molecule has 2 rings (SSSR count). The maximum absolute atomic E-state index is 10.6. The number of hydrogen-bond donors (Lipinski definition) is 0. The van der Waals surface area contributed by atoms with Crippen molar-refractivity contribution in [3.63, 3.8) is 0 Å². The Bertz CT molecular complexity index is 470. The van der Waals surface area contributed by atoms with Crippen LogP contribution in [0.3, 0.4) is 0 Å². The number of fused-ring (bicyclic) bond motifs is 1. The number of esters is 1. The van der Waals surface area contributed by atoms with Crippen LogP contribution in [-0.2, 0) is 16.0 Å². The van der Waals surface area contributed by atoms with Gasteiger partial charge in [0, 0.05) is 24.3 Å². The molecule has 0 aliphatic heterocycles. The van der Waals surface area contributed by atoms with Crippen LogP contribution < -0.4 is 0 Å². The van der Waals surface area contributed by atoms with Crippen molar-refractivity contribution in [2.75, 3.05) is 6.61 Å². The molecule has 0 fully saturated rings. The first-order chi connectivity index (χ1) is 7.27. The van der Waals surface area contributed by atoms with Crippen molar-refractivity contribution in [1.82, 2.24) is 0 Å². The lowest BCUT2D eigenvalue weighted by Crippen LogP contribution is -2.02. The number of furan rings is 1. The highest BCUT2D eigenvalue weighted by atomic mass is 16.5. The number of ether oxygens (including phenoxy) is 1. The van der Waals surface area contributed by atoms with Crippen LogP contribution in [0.15, 0.2) is 34.9 Å². The second kappa shape index (κ2) is 4.17. The van der Waals surface area contributed by atoms with Gasteiger partial charge in [0.05, 0.1) is 12.9 Å². The number of carbonyl (C=O) groups excluding carboxylic acids is 1. The van der Waals surface area contributed by atoms with Crippen LogP contribution in [0.1, 0.15) is 12.5 Å². The van der Waals surface area contributed by atoms with Gasteiger partial charge in [-0.3, -0.25) is 4.79 Å². The minimum Gasteiger partial charge on any atom is -0.466 e. The number of benzene rings is 1. The first-order valence-corrected chi connectivity index (χ1v) is 4.86. The first kappa shape index (κ1) is 9.77. The molecule has 0 radical (unpaired) electrons. The average Bonchev–Trinajstić information content (AvgIpc) is 2.62. The molecule has 3 nitrogen and oxygen atoms in total. The van der Waals surface area contributed by atoms with E-state index in [4.69, 9.17) is 9.15 Å². The highest BCUT2D eigenvalue weighted by molar-refractivity contribution is 5.80. The molecule has 0 saturated heterocycles. The quantitative estimate of drug-likeness (QED) is 0.721. The fraction of sp³-hybridized carbons (Fsp3) is 0.250. The summed E-state index contributed by atoms with van der Waals surface area (Å²) in [6.45, 7) is 1.81. The largest absolute Gasteiger partial charge is 0.466 e. The maximum Gasteiger partial charge on any atom is 0.302 e. The SMILES string of the molecule is CC(=O)OCCc1coc2ccccc12. The van der Waals surface area contributed by atoms with Gasteiger partial charge in [0.15, 0.2) is 0 Å². The van der Waals surface area contributed by atoms with Gasteiger partial charge in [-0.25, -0.2) is 0 Å². The van der Waals surface area contributed by atoms with E-state index in [0.29, 0.717) is 13.0 Å². The zero-order chi connectivity index (χ0) is 10.7. The van der Waals surface area contributed by atoms with Crippen molar-refractivity contribution in [1.29, 1.82) is 0 Å². The van der Waals surface area contributed by atoms with Gasteiger partial charge in [0.2, 0.25) is 0 Å². The van der Waals surface area contributed by atoms with Gasteiger partial charge < -0.3 is 9.15 Å². The van der Waals surface area contributed by atoms with E-state index in [2.05, 4.69) is 0 Å². The highest BCUT2D eigenvalue weighted by Crippen LogP contribution is 2.20. The number of para-hydroxylation sites is 1. The topological polar surface area (TPSA) is 39.4 Å². The van der Waals surface area contributed by atoms with Gasteiger partial charge in [-0.2, -0.15) is 0 Å². The molecule has 0 spiro atoms. The maximum atomic E-state index is 10.6. The Morgan fingerprint density at radius 3 is 3.00 bits per heavy atom. The summed E-state index contributed by atoms with van der Waals surface area (Å²) < 4.78 is 10.2. The Labute approximate surface area is 87.6 Å². The molecule has 2 aromatic rings. The standard InChI is InChI=1S/C12H12O3/c1-9(13)14-7-6-10-8-15-12-5-3-2-4-11(10)12/h2-5,8H,6-7H2,1H3. The van der Waals surface area contributed by atoms with Gasteiger partial charge in [0.25, 0.3) is 0 Å². The predicted molar refractivity (Wildman–Crippen MR) is 56.6 cm³/mol. The van der Waals surface area contributed by atoms with Crippen molar-refractivity contribution in [3.8, 4) is 0 Å². The Hall–Kier alpha value is -1.77. The van der Waals surface area contributed by atoms with Crippen LogP contribution in [0, 0.1) is 0 Å². The molecule has 1 aromatic carbocycles. The Morgan fingerprint density at radius 1 is 1.40 bits per heavy atom. The van der Waals surface area contributed by atoms with E-state index in [9.17, 15) is 4.79 Å². The lowest BCUT2D eigenvalue weighted by molar-refractivity contribution is -0.140. The molecule has 0 aliphatic carbocycles. The molecular weight excluding hydrogens is 192 g/mol. The Kier molecular flexibility index (Phi) is 2.72. The molecule has 1 heterocycles. The smallest absolute Gasteiger partial charge is 0.302 e. The highest BCUT2D eigenvalue weighted by Gasteiger charge is 2.04.